The highest BCUT2D eigenvalue weighted by molar-refractivity contribution is 8.00. The van der Waals surface area contributed by atoms with E-state index in [1.165, 1.54) is 0 Å². The maximum absolute atomic E-state index is 11.9. The highest BCUT2D eigenvalue weighted by Crippen LogP contribution is 2.36. The van der Waals surface area contributed by atoms with Crippen molar-refractivity contribution < 1.29 is 18.3 Å². The van der Waals surface area contributed by atoms with Gasteiger partial charge in [0.2, 0.25) is 0 Å². The van der Waals surface area contributed by atoms with Crippen molar-refractivity contribution in [2.45, 2.75) is 24.8 Å². The molecule has 1 atom stereocenters. The molecule has 0 radical (unpaired) electrons. The molecule has 2 nitrogen and oxygen atoms in total. The van der Waals surface area contributed by atoms with E-state index in [2.05, 4.69) is 5.32 Å². The van der Waals surface area contributed by atoms with Crippen LogP contribution in [0.25, 0.3) is 0 Å². The summed E-state index contributed by atoms with van der Waals surface area (Å²) in [5.41, 5.74) is -4.49. The predicted octanol–water partition coefficient (Wildman–Crippen LogP) is 1.99. The van der Waals surface area contributed by atoms with Crippen LogP contribution in [0.15, 0.2) is 0 Å². The molecule has 0 aromatic heterocycles. The minimum Gasteiger partial charge on any atom is -0.396 e. The van der Waals surface area contributed by atoms with Gasteiger partial charge in [-0.15, -0.1) is 0 Å². The minimum absolute atomic E-state index is 0.00224. The zero-order valence-electron chi connectivity index (χ0n) is 8.44. The lowest BCUT2D eigenvalue weighted by Gasteiger charge is -2.36. The summed E-state index contributed by atoms with van der Waals surface area (Å²) in [6.45, 7) is 1.49. The first-order valence-electron chi connectivity index (χ1n) is 5.00. The lowest BCUT2D eigenvalue weighted by atomic mass is 9.79. The van der Waals surface area contributed by atoms with E-state index in [1.807, 2.05) is 0 Å². The Bertz CT molecular complexity index is 192. The smallest absolute Gasteiger partial charge is 0.396 e. The zero-order chi connectivity index (χ0) is 11.4. The Kier molecular flexibility index (Phi) is 4.73. The second-order valence-corrected chi connectivity index (χ2v) is 5.14. The Balaban J connectivity index is 2.33. The predicted molar refractivity (Wildman–Crippen MR) is 54.8 cm³/mol. The second kappa shape index (κ2) is 5.41. The fraction of sp³-hybridized carbons (Fsp3) is 1.00. The maximum Gasteiger partial charge on any atom is 0.441 e. The van der Waals surface area contributed by atoms with Gasteiger partial charge in [-0.1, -0.05) is 11.8 Å². The molecule has 1 heterocycles. The van der Waals surface area contributed by atoms with E-state index in [0.717, 1.165) is 19.4 Å². The average Bonchev–Trinajstić information content (AvgIpc) is 2.17. The molecule has 1 unspecified atom stereocenters. The van der Waals surface area contributed by atoms with Crippen molar-refractivity contribution in [3.63, 3.8) is 0 Å². The maximum atomic E-state index is 11.9. The van der Waals surface area contributed by atoms with Gasteiger partial charge >= 0.3 is 5.51 Å². The zero-order valence-corrected chi connectivity index (χ0v) is 9.26. The van der Waals surface area contributed by atoms with Crippen LogP contribution in [0.4, 0.5) is 13.2 Å². The largest absolute Gasteiger partial charge is 0.441 e. The molecule has 1 rings (SSSR count). The molecular weight excluding hydrogens is 227 g/mol. The number of hydrogen-bond acceptors (Lipinski definition) is 3. The standard InChI is InChI=1S/C9H16F3NOS/c10-9(11,12)15-5-3-8(7-14)2-1-4-13-6-8/h13-14H,1-7H2. The van der Waals surface area contributed by atoms with Gasteiger partial charge in [-0.2, -0.15) is 13.2 Å². The number of aliphatic hydroxyl groups excluding tert-OH is 1. The summed E-state index contributed by atoms with van der Waals surface area (Å²) in [6, 6.07) is 0. The first kappa shape index (κ1) is 13.1. The van der Waals surface area contributed by atoms with E-state index in [4.69, 9.17) is 0 Å². The Morgan fingerprint density at radius 2 is 2.13 bits per heavy atom. The molecule has 0 bridgehead atoms. The van der Waals surface area contributed by atoms with Crippen molar-refractivity contribution >= 4 is 11.8 Å². The molecule has 1 saturated heterocycles. The van der Waals surface area contributed by atoms with Gasteiger partial charge in [-0.05, 0) is 25.8 Å². The van der Waals surface area contributed by atoms with Crippen LogP contribution < -0.4 is 5.32 Å². The number of aliphatic hydroxyl groups is 1. The van der Waals surface area contributed by atoms with Gasteiger partial charge in [-0.3, -0.25) is 0 Å². The van der Waals surface area contributed by atoms with Crippen LogP contribution >= 0.6 is 11.8 Å². The molecule has 0 aromatic rings. The molecule has 90 valence electrons. The number of halogens is 3. The first-order chi connectivity index (χ1) is 6.97. The monoisotopic (exact) mass is 243 g/mol. The van der Waals surface area contributed by atoms with Crippen molar-refractivity contribution in [3.8, 4) is 0 Å². The molecule has 0 aromatic carbocycles. The van der Waals surface area contributed by atoms with Crippen LogP contribution in [0, 0.1) is 5.41 Å². The van der Waals surface area contributed by atoms with Crippen molar-refractivity contribution in [1.82, 2.24) is 5.32 Å². The summed E-state index contributed by atoms with van der Waals surface area (Å²) in [5, 5.41) is 12.4. The molecule has 0 aliphatic carbocycles. The molecule has 0 spiro atoms. The van der Waals surface area contributed by atoms with Gasteiger partial charge in [0.15, 0.2) is 0 Å². The Morgan fingerprint density at radius 3 is 2.60 bits per heavy atom. The van der Waals surface area contributed by atoms with E-state index >= 15 is 0 Å². The lowest BCUT2D eigenvalue weighted by Crippen LogP contribution is -2.43. The van der Waals surface area contributed by atoms with Crippen molar-refractivity contribution in [2.24, 2.45) is 5.41 Å². The number of piperidine rings is 1. The molecule has 0 saturated carbocycles. The first-order valence-corrected chi connectivity index (χ1v) is 5.98. The van der Waals surface area contributed by atoms with Crippen LogP contribution in [0.1, 0.15) is 19.3 Å². The fourth-order valence-electron chi connectivity index (χ4n) is 1.84. The normalized spacial score (nSPS) is 28.0. The SMILES string of the molecule is OCC1(CCSC(F)(F)F)CCCNC1. The van der Waals surface area contributed by atoms with E-state index < -0.39 is 5.51 Å². The van der Waals surface area contributed by atoms with Crippen LogP contribution in [-0.2, 0) is 0 Å². The molecular formula is C9H16F3NOS. The molecule has 1 aliphatic rings. The summed E-state index contributed by atoms with van der Waals surface area (Å²) in [4.78, 5) is 0. The number of alkyl halides is 3. The minimum atomic E-state index is -4.15. The molecule has 2 N–H and O–H groups in total. The summed E-state index contributed by atoms with van der Waals surface area (Å²) in [7, 11) is 0. The van der Waals surface area contributed by atoms with Gasteiger partial charge in [-0.25, -0.2) is 0 Å². The van der Waals surface area contributed by atoms with Crippen molar-refractivity contribution in [3.05, 3.63) is 0 Å². The third kappa shape index (κ3) is 4.61. The van der Waals surface area contributed by atoms with Crippen LogP contribution in [0.5, 0.6) is 0 Å². The second-order valence-electron chi connectivity index (χ2n) is 3.98. The van der Waals surface area contributed by atoms with Crippen molar-refractivity contribution in [1.29, 1.82) is 0 Å². The van der Waals surface area contributed by atoms with Crippen molar-refractivity contribution in [2.75, 3.05) is 25.4 Å². The summed E-state index contributed by atoms with van der Waals surface area (Å²) >= 11 is 0.00224. The van der Waals surface area contributed by atoms with Gasteiger partial charge in [0.05, 0.1) is 0 Å². The number of hydrogen-bond donors (Lipinski definition) is 2. The van der Waals surface area contributed by atoms with Gasteiger partial charge in [0, 0.05) is 24.3 Å². The van der Waals surface area contributed by atoms with E-state index in [-0.39, 0.29) is 29.5 Å². The van der Waals surface area contributed by atoms with Gasteiger partial charge in [0.25, 0.3) is 0 Å². The van der Waals surface area contributed by atoms with Crippen LogP contribution in [-0.4, -0.2) is 36.1 Å². The Hall–Kier alpha value is 0.0600. The molecule has 1 fully saturated rings. The molecule has 1 aliphatic heterocycles. The third-order valence-electron chi connectivity index (χ3n) is 2.79. The number of nitrogens with one attached hydrogen (secondary N) is 1. The lowest BCUT2D eigenvalue weighted by molar-refractivity contribution is -0.0330. The highest BCUT2D eigenvalue weighted by Gasteiger charge is 2.34. The summed E-state index contributed by atoms with van der Waals surface area (Å²) in [5.74, 6) is 0.0335. The van der Waals surface area contributed by atoms with E-state index in [9.17, 15) is 18.3 Å². The quantitative estimate of drug-likeness (QED) is 0.792. The van der Waals surface area contributed by atoms with E-state index in [1.54, 1.807) is 0 Å². The molecule has 15 heavy (non-hydrogen) atoms. The van der Waals surface area contributed by atoms with Crippen LogP contribution in [0.3, 0.4) is 0 Å². The third-order valence-corrected chi connectivity index (χ3v) is 3.53. The van der Waals surface area contributed by atoms with Gasteiger partial charge in [0.1, 0.15) is 0 Å². The number of thioether (sulfide) groups is 1. The van der Waals surface area contributed by atoms with E-state index in [0.29, 0.717) is 13.0 Å². The molecule has 6 heteroatoms. The van der Waals surface area contributed by atoms with Gasteiger partial charge < -0.3 is 10.4 Å². The highest BCUT2D eigenvalue weighted by atomic mass is 32.2. The van der Waals surface area contributed by atoms with Crippen LogP contribution in [0.2, 0.25) is 0 Å². The Morgan fingerprint density at radius 1 is 1.40 bits per heavy atom. The summed E-state index contributed by atoms with van der Waals surface area (Å²) < 4.78 is 35.8. The average molecular weight is 243 g/mol. The summed E-state index contributed by atoms with van der Waals surface area (Å²) in [6.07, 6.45) is 2.16. The topological polar surface area (TPSA) is 32.3 Å². The number of rotatable bonds is 4. The fourth-order valence-corrected chi connectivity index (χ4v) is 2.61. The molecule has 0 amide bonds. The Labute approximate surface area is 91.6 Å².